The predicted molar refractivity (Wildman–Crippen MR) is 195 cm³/mol. The number of allylic oxidation sites excluding steroid dienone is 4. The van der Waals surface area contributed by atoms with Crippen molar-refractivity contribution < 1.29 is 0 Å². The molecule has 0 unspecified atom stereocenters. The molecule has 0 fully saturated rings. The van der Waals surface area contributed by atoms with Gasteiger partial charge in [0.05, 0.1) is 11.0 Å². The van der Waals surface area contributed by atoms with Gasteiger partial charge in [0, 0.05) is 64.3 Å². The van der Waals surface area contributed by atoms with E-state index in [2.05, 4.69) is 129 Å². The molecule has 2 aliphatic rings. The van der Waals surface area contributed by atoms with Crippen molar-refractivity contribution in [3.8, 4) is 16.8 Å². The maximum Gasteiger partial charge on any atom is 0.0619 e. The van der Waals surface area contributed by atoms with Crippen LogP contribution in [0.2, 0.25) is 0 Å². The summed E-state index contributed by atoms with van der Waals surface area (Å²) in [6, 6.07) is 35.1. The lowest BCUT2D eigenvalue weighted by Gasteiger charge is -2.26. The predicted octanol–water partition coefficient (Wildman–Crippen LogP) is 9.71. The number of nitrogens with zero attached hydrogens (tertiary/aromatic N) is 4. The zero-order valence-corrected chi connectivity index (χ0v) is 25.6. The fraction of sp³-hybridized carbons (Fsp3) is 0.0476. The van der Waals surface area contributed by atoms with E-state index >= 15 is 0 Å². The molecule has 0 saturated heterocycles. The summed E-state index contributed by atoms with van der Waals surface area (Å²) in [6.07, 6.45) is 18.1. The molecule has 9 rings (SSSR count). The van der Waals surface area contributed by atoms with Gasteiger partial charge < -0.3 is 15.2 Å². The summed E-state index contributed by atoms with van der Waals surface area (Å²) < 4.78 is 2.42. The first-order valence-corrected chi connectivity index (χ1v) is 15.9. The van der Waals surface area contributed by atoms with E-state index in [0.29, 0.717) is 6.54 Å². The van der Waals surface area contributed by atoms with Crippen LogP contribution >= 0.6 is 0 Å². The highest BCUT2D eigenvalue weighted by atomic mass is 15.0. The fourth-order valence-electron chi connectivity index (χ4n) is 6.86. The van der Waals surface area contributed by atoms with Crippen molar-refractivity contribution in [2.75, 3.05) is 13.1 Å². The van der Waals surface area contributed by atoms with Crippen LogP contribution in [-0.2, 0) is 0 Å². The molecule has 47 heavy (non-hydrogen) atoms. The van der Waals surface area contributed by atoms with Crippen molar-refractivity contribution >= 4 is 49.3 Å². The van der Waals surface area contributed by atoms with Crippen LogP contribution < -0.4 is 5.32 Å². The Balaban J connectivity index is 1.20. The fourth-order valence-corrected chi connectivity index (χ4v) is 6.86. The molecular weight excluding hydrogens is 574 g/mol. The van der Waals surface area contributed by atoms with Crippen molar-refractivity contribution in [3.05, 3.63) is 174 Å². The standard InChI is InChI=1S/C42H30N5/c1-2-6-37(7-3-1)47-41-22-30(35-21-36(27-46-26-35)32-5-4-16-44-23-32)9-12-39(41)40-13-10-31-19-29(8-11-38(31)42(40)47)34-20-33(24-45-25-34)28-14-17-43-18-15-28/h1-17,19-25,27,43H,18,26H2/q-1. The van der Waals surface area contributed by atoms with E-state index in [1.807, 2.05) is 37.1 Å². The Morgan fingerprint density at radius 1 is 0.660 bits per heavy atom. The Kier molecular flexibility index (Phi) is 6.53. The average molecular weight is 605 g/mol. The van der Waals surface area contributed by atoms with Crippen LogP contribution in [0.5, 0.6) is 0 Å². The van der Waals surface area contributed by atoms with E-state index < -0.39 is 0 Å². The molecule has 0 aliphatic carbocycles. The van der Waals surface area contributed by atoms with Gasteiger partial charge in [-0.1, -0.05) is 78.4 Å². The molecule has 5 heteroatoms. The smallest absolute Gasteiger partial charge is 0.0619 e. The van der Waals surface area contributed by atoms with Gasteiger partial charge in [0.15, 0.2) is 0 Å². The highest BCUT2D eigenvalue weighted by Crippen LogP contribution is 2.40. The summed E-state index contributed by atoms with van der Waals surface area (Å²) in [5.74, 6) is 0. The lowest BCUT2D eigenvalue weighted by atomic mass is 9.96. The van der Waals surface area contributed by atoms with Gasteiger partial charge >= 0.3 is 0 Å². The van der Waals surface area contributed by atoms with Gasteiger partial charge in [-0.25, -0.2) is 0 Å². The lowest BCUT2D eigenvalue weighted by molar-refractivity contribution is 0.975. The minimum absolute atomic E-state index is 0.646. The minimum Gasteiger partial charge on any atom is -0.686 e. The third kappa shape index (κ3) is 4.80. The van der Waals surface area contributed by atoms with Crippen LogP contribution in [0.4, 0.5) is 0 Å². The molecule has 0 spiro atoms. The number of pyridine rings is 2. The number of rotatable bonds is 5. The topological polar surface area (TPSA) is 56.8 Å². The molecule has 0 bridgehead atoms. The molecule has 0 radical (unpaired) electrons. The highest BCUT2D eigenvalue weighted by Gasteiger charge is 2.17. The summed E-state index contributed by atoms with van der Waals surface area (Å²) in [5, 5.41) is 12.8. The van der Waals surface area contributed by atoms with Crippen molar-refractivity contribution in [3.63, 3.8) is 0 Å². The number of hydrogen-bond acceptors (Lipinski definition) is 3. The van der Waals surface area contributed by atoms with Crippen molar-refractivity contribution in [2.45, 2.75) is 0 Å². The Bertz CT molecular complexity index is 2450. The van der Waals surface area contributed by atoms with Crippen LogP contribution in [0.25, 0.3) is 71.4 Å². The van der Waals surface area contributed by atoms with Crippen LogP contribution in [0.3, 0.4) is 0 Å². The van der Waals surface area contributed by atoms with Crippen molar-refractivity contribution in [2.24, 2.45) is 0 Å². The van der Waals surface area contributed by atoms with Gasteiger partial charge in [0.1, 0.15) is 0 Å². The molecule has 1 N–H and O–H groups in total. The molecule has 224 valence electrons. The number of aromatic nitrogens is 3. The first-order valence-electron chi connectivity index (χ1n) is 15.9. The zero-order valence-electron chi connectivity index (χ0n) is 25.6. The molecule has 7 aromatic rings. The normalized spacial score (nSPS) is 14.4. The molecular formula is C42H30N5-. The van der Waals surface area contributed by atoms with Gasteiger partial charge in [0.25, 0.3) is 0 Å². The highest BCUT2D eigenvalue weighted by molar-refractivity contribution is 6.19. The summed E-state index contributed by atoms with van der Waals surface area (Å²) in [7, 11) is 0. The zero-order chi connectivity index (χ0) is 31.2. The Morgan fingerprint density at radius 2 is 1.51 bits per heavy atom. The summed E-state index contributed by atoms with van der Waals surface area (Å²) in [5.41, 5.74) is 12.6. The maximum atomic E-state index is 4.72. The van der Waals surface area contributed by atoms with Gasteiger partial charge in [-0.05, 0) is 81.9 Å². The SMILES string of the molecule is C1=CC(c2cncc(-c3ccc4c(ccc5c6ccc(C7=CC(c8cccnc8)=C[N-]C7)cc6n(-c6ccccc6)c45)c3)c2)=CCN1. The lowest BCUT2D eigenvalue weighted by Crippen LogP contribution is -2.08. The largest absolute Gasteiger partial charge is 0.686 e. The Morgan fingerprint density at radius 3 is 2.38 bits per heavy atom. The Labute approximate surface area is 272 Å². The maximum absolute atomic E-state index is 4.72. The van der Waals surface area contributed by atoms with Crippen LogP contribution in [-0.4, -0.2) is 27.6 Å². The summed E-state index contributed by atoms with van der Waals surface area (Å²) in [4.78, 5) is 8.91. The quantitative estimate of drug-likeness (QED) is 0.213. The number of nitrogens with one attached hydrogen (secondary N) is 1. The second-order valence-corrected chi connectivity index (χ2v) is 12.0. The van der Waals surface area contributed by atoms with Gasteiger partial charge in [0.2, 0.25) is 0 Å². The molecule has 0 amide bonds. The van der Waals surface area contributed by atoms with E-state index in [4.69, 9.17) is 5.32 Å². The van der Waals surface area contributed by atoms with Crippen LogP contribution in [0, 0.1) is 0 Å². The molecule has 0 atom stereocenters. The first kappa shape index (κ1) is 27.1. The second-order valence-electron chi connectivity index (χ2n) is 12.0. The van der Waals surface area contributed by atoms with Gasteiger partial charge in [-0.2, -0.15) is 6.20 Å². The third-order valence-corrected chi connectivity index (χ3v) is 9.17. The van der Waals surface area contributed by atoms with Gasteiger partial charge in [-0.15, -0.1) is 6.54 Å². The van der Waals surface area contributed by atoms with Gasteiger partial charge in [-0.3, -0.25) is 9.97 Å². The van der Waals surface area contributed by atoms with E-state index in [9.17, 15) is 0 Å². The number of fused-ring (bicyclic) bond motifs is 5. The average Bonchev–Trinajstić information content (AvgIpc) is 3.50. The molecule has 0 saturated carbocycles. The molecule has 5 heterocycles. The number of dihydropyridines is 1. The second kappa shape index (κ2) is 11.3. The third-order valence-electron chi connectivity index (χ3n) is 9.17. The summed E-state index contributed by atoms with van der Waals surface area (Å²) in [6.45, 7) is 1.47. The number of benzene rings is 4. The number of para-hydroxylation sites is 1. The van der Waals surface area contributed by atoms with E-state index in [1.54, 1.807) is 6.20 Å². The molecule has 2 aliphatic heterocycles. The van der Waals surface area contributed by atoms with E-state index in [-0.39, 0.29) is 0 Å². The minimum atomic E-state index is 0.646. The van der Waals surface area contributed by atoms with Crippen LogP contribution in [0.15, 0.2) is 152 Å². The molecule has 5 nitrogen and oxygen atoms in total. The van der Waals surface area contributed by atoms with E-state index in [1.165, 1.54) is 49.3 Å². The van der Waals surface area contributed by atoms with Crippen molar-refractivity contribution in [1.29, 1.82) is 0 Å². The van der Waals surface area contributed by atoms with E-state index in [0.717, 1.165) is 40.1 Å². The molecule has 3 aromatic heterocycles. The van der Waals surface area contributed by atoms with Crippen LogP contribution in [0.1, 0.15) is 16.7 Å². The monoisotopic (exact) mass is 604 g/mol. The first-order chi connectivity index (χ1) is 23.3. The van der Waals surface area contributed by atoms with Crippen molar-refractivity contribution in [1.82, 2.24) is 19.9 Å². The summed E-state index contributed by atoms with van der Waals surface area (Å²) >= 11 is 0. The Hall–Kier alpha value is -6.20. The molecule has 4 aromatic carbocycles. The number of hydrogen-bond donors (Lipinski definition) is 1.